The Morgan fingerprint density at radius 3 is 2.19 bits per heavy atom. The minimum Gasteiger partial charge on any atom is -0.374 e. The predicted octanol–water partition coefficient (Wildman–Crippen LogP) is 8.13. The van der Waals surface area contributed by atoms with Gasteiger partial charge in [-0.15, -0.1) is 0 Å². The SMILES string of the molecule is CCCCCCCc1ccc([C@H]2CC[C@H]([C@H]3CC[C@@](C=CC#N)(OC)CC3)CC2)cc1. The Bertz CT molecular complexity index is 697. The van der Waals surface area contributed by atoms with E-state index in [0.29, 0.717) is 0 Å². The van der Waals surface area contributed by atoms with Crippen molar-refractivity contribution in [3.05, 3.63) is 47.5 Å². The Hall–Kier alpha value is -1.59. The molecule has 0 radical (unpaired) electrons. The average Bonchev–Trinajstić information content (AvgIpc) is 2.83. The maximum atomic E-state index is 8.87. The highest BCUT2D eigenvalue weighted by molar-refractivity contribution is 5.26. The number of ether oxygens (including phenoxy) is 1. The van der Waals surface area contributed by atoms with Crippen LogP contribution in [0.3, 0.4) is 0 Å². The molecule has 0 saturated heterocycles. The minimum atomic E-state index is -0.193. The fraction of sp³-hybridized carbons (Fsp3) is 0.690. The lowest BCUT2D eigenvalue weighted by molar-refractivity contribution is -0.0192. The summed E-state index contributed by atoms with van der Waals surface area (Å²) in [5, 5.41) is 8.87. The third kappa shape index (κ3) is 6.95. The molecule has 0 amide bonds. The summed E-state index contributed by atoms with van der Waals surface area (Å²) in [6.07, 6.45) is 21.7. The highest BCUT2D eigenvalue weighted by atomic mass is 16.5. The van der Waals surface area contributed by atoms with Crippen molar-refractivity contribution in [2.75, 3.05) is 7.11 Å². The molecule has 0 aromatic heterocycles. The van der Waals surface area contributed by atoms with Crippen LogP contribution in [0.4, 0.5) is 0 Å². The van der Waals surface area contributed by atoms with E-state index in [1.807, 2.05) is 6.08 Å². The Morgan fingerprint density at radius 2 is 1.58 bits per heavy atom. The molecular formula is C29H43NO. The minimum absolute atomic E-state index is 0.193. The van der Waals surface area contributed by atoms with Crippen molar-refractivity contribution < 1.29 is 4.74 Å². The van der Waals surface area contributed by atoms with E-state index in [1.54, 1.807) is 18.7 Å². The standard InChI is InChI=1S/C29H43NO/c1-3-4-5-6-7-9-24-10-12-25(13-11-24)26-14-16-27(17-15-26)28-18-21-29(31-2,22-19-28)20-8-23-30/h8,10-13,20,26-28H,3-7,9,14-19,21-22H2,1-2H3/t26-,27-,28-,29+. The van der Waals surface area contributed by atoms with Gasteiger partial charge in [-0.05, 0) is 99.2 Å². The Kier molecular flexibility index (Phi) is 9.66. The van der Waals surface area contributed by atoms with Gasteiger partial charge in [0.1, 0.15) is 0 Å². The van der Waals surface area contributed by atoms with Crippen LogP contribution in [0.15, 0.2) is 36.4 Å². The van der Waals surface area contributed by atoms with Gasteiger partial charge in [0.15, 0.2) is 0 Å². The van der Waals surface area contributed by atoms with E-state index in [4.69, 9.17) is 10.00 Å². The number of aryl methyl sites for hydroxylation is 1. The monoisotopic (exact) mass is 421 g/mol. The number of hydrogen-bond donors (Lipinski definition) is 0. The Labute approximate surface area is 191 Å². The van der Waals surface area contributed by atoms with Gasteiger partial charge >= 0.3 is 0 Å². The van der Waals surface area contributed by atoms with Gasteiger partial charge in [0, 0.05) is 13.2 Å². The maximum Gasteiger partial charge on any atom is 0.0909 e. The van der Waals surface area contributed by atoms with Gasteiger partial charge < -0.3 is 4.74 Å². The van der Waals surface area contributed by atoms with Crippen molar-refractivity contribution in [1.82, 2.24) is 0 Å². The molecule has 2 heteroatoms. The zero-order valence-corrected chi connectivity index (χ0v) is 20.0. The molecule has 0 bridgehead atoms. The van der Waals surface area contributed by atoms with Crippen molar-refractivity contribution in [3.8, 4) is 6.07 Å². The molecule has 31 heavy (non-hydrogen) atoms. The first-order chi connectivity index (χ1) is 15.2. The van der Waals surface area contributed by atoms with E-state index in [1.165, 1.54) is 82.6 Å². The molecule has 3 rings (SSSR count). The zero-order valence-electron chi connectivity index (χ0n) is 20.0. The van der Waals surface area contributed by atoms with E-state index in [0.717, 1.165) is 30.6 Å². The van der Waals surface area contributed by atoms with Gasteiger partial charge in [0.05, 0.1) is 11.7 Å². The summed E-state index contributed by atoms with van der Waals surface area (Å²) in [4.78, 5) is 0. The van der Waals surface area contributed by atoms with Crippen LogP contribution in [-0.4, -0.2) is 12.7 Å². The van der Waals surface area contributed by atoms with Crippen LogP contribution in [0.1, 0.15) is 107 Å². The van der Waals surface area contributed by atoms with Crippen LogP contribution >= 0.6 is 0 Å². The second-order valence-electron chi connectivity index (χ2n) is 10.1. The molecule has 0 spiro atoms. The van der Waals surface area contributed by atoms with Crippen LogP contribution in [0.25, 0.3) is 0 Å². The first-order valence-corrected chi connectivity index (χ1v) is 12.9. The summed E-state index contributed by atoms with van der Waals surface area (Å²) in [7, 11) is 1.80. The number of benzene rings is 1. The van der Waals surface area contributed by atoms with Crippen LogP contribution in [-0.2, 0) is 11.2 Å². The highest BCUT2D eigenvalue weighted by Gasteiger charge is 2.37. The summed E-state index contributed by atoms with van der Waals surface area (Å²) < 4.78 is 5.80. The van der Waals surface area contributed by atoms with Crippen LogP contribution < -0.4 is 0 Å². The molecule has 2 aliphatic carbocycles. The molecule has 0 N–H and O–H groups in total. The third-order valence-corrected chi connectivity index (χ3v) is 8.20. The lowest BCUT2D eigenvalue weighted by Crippen LogP contribution is -2.36. The zero-order chi connectivity index (χ0) is 21.9. The maximum absolute atomic E-state index is 8.87. The van der Waals surface area contributed by atoms with Crippen molar-refractivity contribution in [2.24, 2.45) is 11.8 Å². The quantitative estimate of drug-likeness (QED) is 0.282. The first kappa shape index (κ1) is 24.1. The molecule has 2 nitrogen and oxygen atoms in total. The van der Waals surface area contributed by atoms with E-state index >= 15 is 0 Å². The summed E-state index contributed by atoms with van der Waals surface area (Å²) in [5.41, 5.74) is 2.89. The molecule has 0 heterocycles. The molecule has 0 atom stereocenters. The molecule has 2 saturated carbocycles. The van der Waals surface area contributed by atoms with Crippen molar-refractivity contribution in [2.45, 2.75) is 108 Å². The number of nitrogens with zero attached hydrogens (tertiary/aromatic N) is 1. The summed E-state index contributed by atoms with van der Waals surface area (Å²) in [6.45, 7) is 2.28. The summed E-state index contributed by atoms with van der Waals surface area (Å²) >= 11 is 0. The predicted molar refractivity (Wildman–Crippen MR) is 130 cm³/mol. The second-order valence-corrected chi connectivity index (χ2v) is 10.1. The molecule has 170 valence electrons. The van der Waals surface area contributed by atoms with E-state index in [9.17, 15) is 0 Å². The number of methoxy groups -OCH3 is 1. The number of hydrogen-bond acceptors (Lipinski definition) is 2. The van der Waals surface area contributed by atoms with Gasteiger partial charge in [-0.2, -0.15) is 5.26 Å². The van der Waals surface area contributed by atoms with Gasteiger partial charge in [-0.1, -0.05) is 56.9 Å². The van der Waals surface area contributed by atoms with Gasteiger partial charge in [0.25, 0.3) is 0 Å². The van der Waals surface area contributed by atoms with Gasteiger partial charge in [-0.25, -0.2) is 0 Å². The average molecular weight is 422 g/mol. The van der Waals surface area contributed by atoms with Crippen LogP contribution in [0, 0.1) is 23.2 Å². The largest absolute Gasteiger partial charge is 0.374 e. The summed E-state index contributed by atoms with van der Waals surface area (Å²) in [6, 6.07) is 11.7. The number of unbranched alkanes of at least 4 members (excludes halogenated alkanes) is 4. The molecule has 1 aromatic carbocycles. The van der Waals surface area contributed by atoms with E-state index < -0.39 is 0 Å². The van der Waals surface area contributed by atoms with Crippen LogP contribution in [0.2, 0.25) is 0 Å². The van der Waals surface area contributed by atoms with E-state index in [2.05, 4.69) is 37.3 Å². The van der Waals surface area contributed by atoms with Crippen molar-refractivity contribution >= 4 is 0 Å². The van der Waals surface area contributed by atoms with E-state index in [-0.39, 0.29) is 5.60 Å². The molecule has 2 aliphatic rings. The topological polar surface area (TPSA) is 33.0 Å². The van der Waals surface area contributed by atoms with Gasteiger partial charge in [0.2, 0.25) is 0 Å². The van der Waals surface area contributed by atoms with Crippen molar-refractivity contribution in [1.29, 1.82) is 5.26 Å². The van der Waals surface area contributed by atoms with Crippen molar-refractivity contribution in [3.63, 3.8) is 0 Å². The lowest BCUT2D eigenvalue weighted by Gasteiger charge is -2.41. The summed E-state index contributed by atoms with van der Waals surface area (Å²) in [5.74, 6) is 2.48. The smallest absolute Gasteiger partial charge is 0.0909 e. The number of nitriles is 1. The molecular weight excluding hydrogens is 378 g/mol. The molecule has 0 unspecified atom stereocenters. The second kappa shape index (κ2) is 12.4. The fourth-order valence-electron chi connectivity index (χ4n) is 6.04. The number of allylic oxidation sites excluding steroid dienone is 1. The molecule has 2 fully saturated rings. The normalized spacial score (nSPS) is 29.1. The third-order valence-electron chi connectivity index (χ3n) is 8.20. The molecule has 1 aromatic rings. The number of rotatable bonds is 10. The highest BCUT2D eigenvalue weighted by Crippen LogP contribution is 2.45. The lowest BCUT2D eigenvalue weighted by atomic mass is 9.67. The first-order valence-electron chi connectivity index (χ1n) is 12.9. The van der Waals surface area contributed by atoms with Gasteiger partial charge in [-0.3, -0.25) is 0 Å². The molecule has 0 aliphatic heterocycles. The fourth-order valence-corrected chi connectivity index (χ4v) is 6.04. The Balaban J connectivity index is 1.42. The Morgan fingerprint density at radius 1 is 0.935 bits per heavy atom. The van der Waals surface area contributed by atoms with Crippen LogP contribution in [0.5, 0.6) is 0 Å².